The number of hydrogen-bond acceptors (Lipinski definition) is 5. The zero-order valence-electron chi connectivity index (χ0n) is 14.9. The van der Waals surface area contributed by atoms with Crippen LogP contribution in [0.5, 0.6) is 0 Å². The highest BCUT2D eigenvalue weighted by Gasteiger charge is 2.42. The number of likely N-dealkylation sites (tertiary alicyclic amines) is 1. The van der Waals surface area contributed by atoms with Crippen molar-refractivity contribution in [1.82, 2.24) is 15.2 Å². The fraction of sp³-hybridized carbons (Fsp3) is 0.389. The van der Waals surface area contributed by atoms with Crippen LogP contribution in [-0.2, 0) is 16.0 Å². The summed E-state index contributed by atoms with van der Waals surface area (Å²) in [5, 5.41) is 4.89. The average molecular weight is 428 g/mol. The van der Waals surface area contributed by atoms with Gasteiger partial charge in [0.05, 0.1) is 16.7 Å². The SMILES string of the molecule is COCC(=O)N1CC(C)(NC(=O)c2cnc(Cc3c(Cl)cccc3Cl)s2)C1. The molecule has 1 N–H and O–H groups in total. The monoisotopic (exact) mass is 427 g/mol. The fourth-order valence-corrected chi connectivity index (χ4v) is 4.31. The van der Waals surface area contributed by atoms with Gasteiger partial charge in [-0.15, -0.1) is 11.3 Å². The van der Waals surface area contributed by atoms with Crippen LogP contribution in [0.3, 0.4) is 0 Å². The van der Waals surface area contributed by atoms with Crippen LogP contribution in [0.1, 0.15) is 27.2 Å². The van der Waals surface area contributed by atoms with Gasteiger partial charge in [-0.3, -0.25) is 9.59 Å². The Hall–Kier alpha value is -1.67. The predicted octanol–water partition coefficient (Wildman–Crippen LogP) is 3.02. The summed E-state index contributed by atoms with van der Waals surface area (Å²) in [6.07, 6.45) is 2.02. The second-order valence-corrected chi connectivity index (χ2v) is 8.62. The summed E-state index contributed by atoms with van der Waals surface area (Å²) in [6.45, 7) is 2.88. The molecule has 2 amide bonds. The number of carbonyl (C=O) groups is 2. The Balaban J connectivity index is 1.60. The molecule has 0 atom stereocenters. The van der Waals surface area contributed by atoms with E-state index in [1.807, 2.05) is 6.92 Å². The molecule has 3 rings (SSSR count). The van der Waals surface area contributed by atoms with Crippen LogP contribution in [0.25, 0.3) is 0 Å². The van der Waals surface area contributed by atoms with Crippen molar-refractivity contribution in [2.75, 3.05) is 26.8 Å². The number of methoxy groups -OCH3 is 1. The van der Waals surface area contributed by atoms with Crippen LogP contribution in [-0.4, -0.2) is 54.0 Å². The lowest BCUT2D eigenvalue weighted by Gasteiger charge is -2.48. The normalized spacial score (nSPS) is 15.3. The van der Waals surface area contributed by atoms with Crippen molar-refractivity contribution in [2.24, 2.45) is 0 Å². The summed E-state index contributed by atoms with van der Waals surface area (Å²) in [5.74, 6) is -0.286. The van der Waals surface area contributed by atoms with Crippen molar-refractivity contribution < 1.29 is 14.3 Å². The molecule has 0 aliphatic carbocycles. The van der Waals surface area contributed by atoms with Gasteiger partial charge in [-0.1, -0.05) is 29.3 Å². The van der Waals surface area contributed by atoms with Gasteiger partial charge < -0.3 is 15.0 Å². The standard InChI is InChI=1S/C18H19Cl2N3O3S/c1-18(9-23(10-18)16(24)8-26-2)22-17(25)14-7-21-15(27-14)6-11-12(19)4-3-5-13(11)20/h3-5,7H,6,8-10H2,1-2H3,(H,22,25). The van der Waals surface area contributed by atoms with Crippen LogP contribution < -0.4 is 5.32 Å². The highest BCUT2D eigenvalue weighted by atomic mass is 35.5. The van der Waals surface area contributed by atoms with Crippen molar-refractivity contribution in [3.63, 3.8) is 0 Å². The highest BCUT2D eigenvalue weighted by Crippen LogP contribution is 2.28. The maximum atomic E-state index is 12.5. The summed E-state index contributed by atoms with van der Waals surface area (Å²) < 4.78 is 4.84. The second-order valence-electron chi connectivity index (χ2n) is 6.69. The minimum atomic E-state index is -0.448. The van der Waals surface area contributed by atoms with E-state index in [-0.39, 0.29) is 18.4 Å². The number of rotatable bonds is 6. The Morgan fingerprint density at radius 2 is 2.00 bits per heavy atom. The summed E-state index contributed by atoms with van der Waals surface area (Å²) in [4.78, 5) is 30.8. The van der Waals surface area contributed by atoms with E-state index < -0.39 is 5.54 Å². The summed E-state index contributed by atoms with van der Waals surface area (Å²) in [5.41, 5.74) is 0.344. The molecule has 0 bridgehead atoms. The fourth-order valence-electron chi connectivity index (χ4n) is 2.95. The number of aromatic nitrogens is 1. The topological polar surface area (TPSA) is 71.5 Å². The third-order valence-electron chi connectivity index (χ3n) is 4.28. The highest BCUT2D eigenvalue weighted by molar-refractivity contribution is 7.13. The Kier molecular flexibility index (Phi) is 6.05. The van der Waals surface area contributed by atoms with E-state index in [9.17, 15) is 9.59 Å². The van der Waals surface area contributed by atoms with Gasteiger partial charge >= 0.3 is 0 Å². The number of amides is 2. The van der Waals surface area contributed by atoms with Crippen molar-refractivity contribution in [1.29, 1.82) is 0 Å². The number of nitrogens with zero attached hydrogens (tertiary/aromatic N) is 2. The third kappa shape index (κ3) is 4.60. The minimum Gasteiger partial charge on any atom is -0.375 e. The Morgan fingerprint density at radius 1 is 1.33 bits per heavy atom. The maximum Gasteiger partial charge on any atom is 0.263 e. The van der Waals surface area contributed by atoms with E-state index in [4.69, 9.17) is 27.9 Å². The quantitative estimate of drug-likeness (QED) is 0.768. The number of ether oxygens (including phenoxy) is 1. The number of benzene rings is 1. The van der Waals surface area contributed by atoms with Gasteiger partial charge in [0.2, 0.25) is 5.91 Å². The zero-order chi connectivity index (χ0) is 19.6. The molecule has 1 aliphatic heterocycles. The van der Waals surface area contributed by atoms with Gasteiger partial charge in [0.25, 0.3) is 5.91 Å². The van der Waals surface area contributed by atoms with Gasteiger partial charge in [-0.25, -0.2) is 4.98 Å². The molecule has 0 saturated carbocycles. The molecule has 2 heterocycles. The van der Waals surface area contributed by atoms with Crippen LogP contribution in [0.2, 0.25) is 10.0 Å². The largest absolute Gasteiger partial charge is 0.375 e. The molecular weight excluding hydrogens is 409 g/mol. The first-order valence-electron chi connectivity index (χ1n) is 8.28. The molecule has 27 heavy (non-hydrogen) atoms. The lowest BCUT2D eigenvalue weighted by atomic mass is 9.92. The van der Waals surface area contributed by atoms with E-state index >= 15 is 0 Å². The van der Waals surface area contributed by atoms with Crippen LogP contribution in [0, 0.1) is 0 Å². The van der Waals surface area contributed by atoms with E-state index in [0.717, 1.165) is 10.6 Å². The number of nitrogens with one attached hydrogen (secondary N) is 1. The zero-order valence-corrected chi connectivity index (χ0v) is 17.2. The smallest absolute Gasteiger partial charge is 0.263 e. The molecule has 1 saturated heterocycles. The van der Waals surface area contributed by atoms with Crippen molar-refractivity contribution in [3.05, 3.63) is 49.9 Å². The number of thiazole rings is 1. The van der Waals surface area contributed by atoms with Gasteiger partial charge in [0, 0.05) is 36.7 Å². The minimum absolute atomic E-state index is 0.0484. The molecule has 1 aromatic heterocycles. The lowest BCUT2D eigenvalue weighted by molar-refractivity contribution is -0.142. The lowest BCUT2D eigenvalue weighted by Crippen LogP contribution is -2.70. The maximum absolute atomic E-state index is 12.5. The molecule has 1 aromatic carbocycles. The molecule has 0 unspecified atom stereocenters. The number of carbonyl (C=O) groups excluding carboxylic acids is 2. The average Bonchev–Trinajstić information content (AvgIpc) is 3.05. The molecular formula is C18H19Cl2N3O3S. The van der Waals surface area contributed by atoms with Crippen molar-refractivity contribution in [2.45, 2.75) is 18.9 Å². The molecule has 144 valence electrons. The number of hydrogen-bond donors (Lipinski definition) is 1. The molecule has 9 heteroatoms. The van der Waals surface area contributed by atoms with Crippen LogP contribution >= 0.6 is 34.5 Å². The van der Waals surface area contributed by atoms with Gasteiger partial charge in [-0.05, 0) is 24.6 Å². The molecule has 1 fully saturated rings. The molecule has 0 radical (unpaired) electrons. The van der Waals surface area contributed by atoms with Crippen LogP contribution in [0.4, 0.5) is 0 Å². The van der Waals surface area contributed by atoms with Gasteiger partial charge in [0.15, 0.2) is 0 Å². The van der Waals surface area contributed by atoms with Gasteiger partial charge in [-0.2, -0.15) is 0 Å². The predicted molar refractivity (Wildman–Crippen MR) is 106 cm³/mol. The second kappa shape index (κ2) is 8.14. The first kappa shape index (κ1) is 20.1. The van der Waals surface area contributed by atoms with Crippen molar-refractivity contribution in [3.8, 4) is 0 Å². The molecule has 6 nitrogen and oxygen atoms in total. The van der Waals surface area contributed by atoms with E-state index in [0.29, 0.717) is 34.4 Å². The molecule has 0 spiro atoms. The van der Waals surface area contributed by atoms with E-state index in [2.05, 4.69) is 10.3 Å². The van der Waals surface area contributed by atoms with E-state index in [1.54, 1.807) is 29.3 Å². The Morgan fingerprint density at radius 3 is 2.63 bits per heavy atom. The Labute approximate surface area is 171 Å². The first-order chi connectivity index (χ1) is 12.8. The van der Waals surface area contributed by atoms with Crippen LogP contribution in [0.15, 0.2) is 24.4 Å². The Bertz CT molecular complexity index is 845. The summed E-state index contributed by atoms with van der Waals surface area (Å²) >= 11 is 13.7. The molecule has 1 aliphatic rings. The first-order valence-corrected chi connectivity index (χ1v) is 9.85. The summed E-state index contributed by atoms with van der Waals surface area (Å²) in [6, 6.07) is 5.34. The van der Waals surface area contributed by atoms with Crippen molar-refractivity contribution >= 4 is 46.4 Å². The molecule has 2 aromatic rings. The van der Waals surface area contributed by atoms with E-state index in [1.165, 1.54) is 18.4 Å². The summed E-state index contributed by atoms with van der Waals surface area (Å²) in [7, 11) is 1.48. The van der Waals surface area contributed by atoms with Gasteiger partial charge in [0.1, 0.15) is 11.5 Å². The third-order valence-corrected chi connectivity index (χ3v) is 5.99. The number of halogens is 2.